The van der Waals surface area contributed by atoms with Crippen molar-refractivity contribution in [1.29, 1.82) is 0 Å². The maximum atomic E-state index is 12.9. The van der Waals surface area contributed by atoms with Crippen LogP contribution in [0.3, 0.4) is 0 Å². The van der Waals surface area contributed by atoms with Crippen molar-refractivity contribution in [2.24, 2.45) is 0 Å². The second-order valence-electron chi connectivity index (χ2n) is 8.49. The van der Waals surface area contributed by atoms with Gasteiger partial charge in [-0.2, -0.15) is 0 Å². The number of alkyl halides is 1. The largest absolute Gasteiger partial charge is 0.422 e. The minimum absolute atomic E-state index is 0. The topological polar surface area (TPSA) is 115 Å². The normalized spacial score (nSPS) is 9.49. The first-order chi connectivity index (χ1) is 19.7. The van der Waals surface area contributed by atoms with Gasteiger partial charge in [0.2, 0.25) is 0 Å². The highest BCUT2D eigenvalue weighted by atomic mass is 79.9. The first kappa shape index (κ1) is 40.1. The Kier molecular flexibility index (Phi) is 16.7. The number of H-pyrrole nitrogens is 1. The van der Waals surface area contributed by atoms with E-state index in [1.165, 1.54) is 28.8 Å². The summed E-state index contributed by atoms with van der Waals surface area (Å²) < 4.78 is 35.5. The number of aromatic amines is 1. The highest BCUT2D eigenvalue weighted by molar-refractivity contribution is 9.08. The van der Waals surface area contributed by atoms with Gasteiger partial charge in [-0.3, -0.25) is 9.55 Å². The van der Waals surface area contributed by atoms with Crippen LogP contribution in [0.1, 0.15) is 40.8 Å². The predicted molar refractivity (Wildman–Crippen MR) is 181 cm³/mol. The zero-order valence-corrected chi connectivity index (χ0v) is 22.8. The van der Waals surface area contributed by atoms with E-state index in [-0.39, 0.29) is 47.9 Å². The van der Waals surface area contributed by atoms with Crippen molar-refractivity contribution in [2.45, 2.75) is 41.6 Å². The zero-order valence-electron chi connectivity index (χ0n) is 21.2. The second-order valence-corrected chi connectivity index (χ2v) is 9.05. The molecule has 0 amide bonds. The SMILES string of the molecule is C.C.C.C.Fc1ccc(CBr)cc1.O=c1[nH]c2ccccc2c(=O)o1.O=c1oc(=O)n(Cc2ccc(F)cc2)c2ccccc12. The van der Waals surface area contributed by atoms with Gasteiger partial charge in [-0.15, -0.1) is 0 Å². The fourth-order valence-electron chi connectivity index (χ4n) is 3.71. The van der Waals surface area contributed by atoms with Crippen LogP contribution >= 0.6 is 15.9 Å². The molecule has 8 nitrogen and oxygen atoms in total. The predicted octanol–water partition coefficient (Wildman–Crippen LogP) is 7.89. The first-order valence-electron chi connectivity index (χ1n) is 12.0. The molecule has 0 bridgehead atoms. The van der Waals surface area contributed by atoms with Crippen LogP contribution in [0.5, 0.6) is 0 Å². The molecule has 0 aliphatic heterocycles. The van der Waals surface area contributed by atoms with Gasteiger partial charge in [-0.05, 0) is 59.7 Å². The maximum absolute atomic E-state index is 12.9. The molecule has 0 radical (unpaired) electrons. The van der Waals surface area contributed by atoms with E-state index in [9.17, 15) is 28.0 Å². The summed E-state index contributed by atoms with van der Waals surface area (Å²) in [5.74, 6) is -1.97. The van der Waals surface area contributed by atoms with Crippen LogP contribution in [-0.4, -0.2) is 9.55 Å². The molecule has 4 aromatic carbocycles. The molecule has 0 atom stereocenters. The highest BCUT2D eigenvalue weighted by Gasteiger charge is 2.09. The molecule has 2 aromatic heterocycles. The molecule has 240 valence electrons. The minimum Gasteiger partial charge on any atom is -0.372 e. The van der Waals surface area contributed by atoms with Crippen molar-refractivity contribution < 1.29 is 17.6 Å². The van der Waals surface area contributed by atoms with Crippen molar-refractivity contribution in [3.63, 3.8) is 0 Å². The van der Waals surface area contributed by atoms with Crippen LogP contribution in [-0.2, 0) is 11.9 Å². The molecule has 11 heteroatoms. The van der Waals surface area contributed by atoms with Gasteiger partial charge >= 0.3 is 22.8 Å². The van der Waals surface area contributed by atoms with E-state index in [0.717, 1.165) is 16.5 Å². The average molecular weight is 688 g/mol. The van der Waals surface area contributed by atoms with Crippen molar-refractivity contribution in [2.75, 3.05) is 0 Å². The molecule has 0 unspecified atom stereocenters. The third-order valence-electron chi connectivity index (χ3n) is 5.71. The van der Waals surface area contributed by atoms with E-state index in [4.69, 9.17) is 4.42 Å². The van der Waals surface area contributed by atoms with E-state index in [1.54, 1.807) is 72.8 Å². The number of fused-ring (bicyclic) bond motifs is 2. The molecule has 45 heavy (non-hydrogen) atoms. The van der Waals surface area contributed by atoms with E-state index < -0.39 is 22.8 Å². The van der Waals surface area contributed by atoms with E-state index in [2.05, 4.69) is 25.3 Å². The van der Waals surface area contributed by atoms with Gasteiger partial charge in [0, 0.05) is 5.33 Å². The summed E-state index contributed by atoms with van der Waals surface area (Å²) in [4.78, 5) is 47.6. The molecule has 2 heterocycles. The van der Waals surface area contributed by atoms with Crippen molar-refractivity contribution in [3.05, 3.63) is 162 Å². The molecule has 0 fully saturated rings. The summed E-state index contributed by atoms with van der Waals surface area (Å²) in [5, 5.41) is 1.51. The Morgan fingerprint density at radius 1 is 0.622 bits per heavy atom. The number of rotatable bonds is 3. The van der Waals surface area contributed by atoms with E-state index in [1.807, 2.05) is 0 Å². The van der Waals surface area contributed by atoms with Crippen molar-refractivity contribution >= 4 is 37.7 Å². The number of benzene rings is 4. The van der Waals surface area contributed by atoms with Gasteiger partial charge in [-0.25, -0.2) is 28.0 Å². The Morgan fingerprint density at radius 2 is 1.11 bits per heavy atom. The van der Waals surface area contributed by atoms with Crippen LogP contribution in [0.25, 0.3) is 21.8 Å². The molecule has 0 aliphatic carbocycles. The van der Waals surface area contributed by atoms with E-state index in [0.29, 0.717) is 21.8 Å². The Bertz CT molecular complexity index is 2020. The Morgan fingerprint density at radius 3 is 1.69 bits per heavy atom. The van der Waals surface area contributed by atoms with Gasteiger partial charge in [0.05, 0.1) is 28.4 Å². The fourth-order valence-corrected chi connectivity index (χ4v) is 4.08. The van der Waals surface area contributed by atoms with Crippen LogP contribution in [0, 0.1) is 11.6 Å². The van der Waals surface area contributed by atoms with Crippen LogP contribution in [0.15, 0.2) is 125 Å². The third-order valence-corrected chi connectivity index (χ3v) is 6.35. The molecule has 0 saturated heterocycles. The van der Waals surface area contributed by atoms with Gasteiger partial charge in [0.1, 0.15) is 11.6 Å². The monoisotopic (exact) mass is 686 g/mol. The van der Waals surface area contributed by atoms with Crippen LogP contribution < -0.4 is 22.8 Å². The fraction of sp³-hybridized carbons (Fsp3) is 0.176. The molecule has 1 N–H and O–H groups in total. The standard InChI is InChI=1S/C15H10FNO3.C8H5NO3.C7H6BrF.4CH4/c16-11-7-5-10(6-8-11)9-17-13-4-2-1-3-12(13)14(18)20-15(17)19;10-7-5-3-1-2-4-6(5)9-8(11)12-7;8-5-6-1-3-7(9)4-2-6;;;;/h1-8H,9H2;1-4H,(H,9,11);1-4H,5H2;4*1H4. The average Bonchev–Trinajstić information content (AvgIpc) is 2.97. The lowest BCUT2D eigenvalue weighted by Crippen LogP contribution is -2.25. The third kappa shape index (κ3) is 10.6. The number of hydrogen-bond donors (Lipinski definition) is 1. The maximum Gasteiger partial charge on any atom is 0.422 e. The van der Waals surface area contributed by atoms with Crippen molar-refractivity contribution in [1.82, 2.24) is 9.55 Å². The lowest BCUT2D eigenvalue weighted by atomic mass is 10.2. The smallest absolute Gasteiger partial charge is 0.372 e. The molecule has 6 aromatic rings. The summed E-state index contributed by atoms with van der Waals surface area (Å²) in [6.07, 6.45) is 0. The molecule has 0 aliphatic rings. The van der Waals surface area contributed by atoms with Gasteiger partial charge in [0.15, 0.2) is 0 Å². The number of para-hydroxylation sites is 2. The van der Waals surface area contributed by atoms with Gasteiger partial charge in [0.25, 0.3) is 0 Å². The summed E-state index contributed by atoms with van der Waals surface area (Å²) in [6, 6.07) is 25.6. The molecule has 0 saturated carbocycles. The molecule has 0 spiro atoms. The van der Waals surface area contributed by atoms with E-state index >= 15 is 0 Å². The second kappa shape index (κ2) is 18.7. The lowest BCUT2D eigenvalue weighted by molar-refractivity contribution is 0.425. The number of aromatic nitrogens is 2. The molecular weight excluding hydrogens is 650 g/mol. The summed E-state index contributed by atoms with van der Waals surface area (Å²) in [6.45, 7) is 0.212. The van der Waals surface area contributed by atoms with Crippen molar-refractivity contribution in [3.8, 4) is 0 Å². The highest BCUT2D eigenvalue weighted by Crippen LogP contribution is 2.11. The Hall–Kier alpha value is -4.90. The minimum atomic E-state index is -0.724. The number of nitrogens with one attached hydrogen (secondary N) is 1. The quantitative estimate of drug-likeness (QED) is 0.189. The summed E-state index contributed by atoms with van der Waals surface area (Å²) in [5.41, 5.74) is 1.58. The Balaban J connectivity index is 0.000000671. The van der Waals surface area contributed by atoms with Gasteiger partial charge < -0.3 is 8.83 Å². The summed E-state index contributed by atoms with van der Waals surface area (Å²) >= 11 is 3.26. The van der Waals surface area contributed by atoms with Gasteiger partial charge in [-0.1, -0.05) is 94.2 Å². The number of hydrogen-bond acceptors (Lipinski definition) is 6. The Labute approximate surface area is 267 Å². The summed E-state index contributed by atoms with van der Waals surface area (Å²) in [7, 11) is 0. The molecular formula is C34H37BrF2N2O6. The number of nitrogens with zero attached hydrogens (tertiary/aromatic N) is 1. The molecule has 6 rings (SSSR count). The lowest BCUT2D eigenvalue weighted by Gasteiger charge is -2.08. The number of halogens is 3. The zero-order chi connectivity index (χ0) is 29.4. The van der Waals surface area contributed by atoms with Crippen LogP contribution in [0.4, 0.5) is 8.78 Å². The first-order valence-corrected chi connectivity index (χ1v) is 13.2. The van der Waals surface area contributed by atoms with Crippen LogP contribution in [0.2, 0.25) is 0 Å².